The average Bonchev–Trinajstić information content (AvgIpc) is 2.76. The van der Waals surface area contributed by atoms with Gasteiger partial charge >= 0.3 is 5.97 Å². The van der Waals surface area contributed by atoms with Crippen molar-refractivity contribution in [2.75, 3.05) is 21.3 Å². The maximum absolute atomic E-state index is 12.6. The summed E-state index contributed by atoms with van der Waals surface area (Å²) in [5.74, 6) is 0.493. The number of allylic oxidation sites excluding steroid dienone is 1. The predicted octanol–water partition coefficient (Wildman–Crippen LogP) is 4.45. The number of carbonyl (C=O) groups excluding carboxylic acids is 2. The molecule has 2 rings (SSSR count). The van der Waals surface area contributed by atoms with Crippen LogP contribution in [-0.2, 0) is 4.79 Å². The van der Waals surface area contributed by atoms with E-state index >= 15 is 0 Å². The third-order valence-corrected chi connectivity index (χ3v) is 4.37. The van der Waals surface area contributed by atoms with E-state index in [0.717, 1.165) is 0 Å². The number of ether oxygens (including phenoxy) is 4. The Bertz CT molecular complexity index is 1060. The lowest BCUT2D eigenvalue weighted by Crippen LogP contribution is -2.21. The van der Waals surface area contributed by atoms with Crippen molar-refractivity contribution >= 4 is 17.8 Å². The van der Waals surface area contributed by atoms with Gasteiger partial charge < -0.3 is 18.9 Å². The minimum absolute atomic E-state index is 0.0321. The normalized spacial score (nSPS) is 11.3. The van der Waals surface area contributed by atoms with E-state index in [2.05, 4.69) is 0 Å². The van der Waals surface area contributed by atoms with Gasteiger partial charge in [-0.3, -0.25) is 4.79 Å². The molecule has 0 amide bonds. The van der Waals surface area contributed by atoms with Crippen LogP contribution < -0.4 is 18.9 Å². The summed E-state index contributed by atoms with van der Waals surface area (Å²) in [5, 5.41) is 9.37. The molecule has 0 radical (unpaired) electrons. The molecule has 0 aliphatic heterocycles. The number of hydrogen-bond donors (Lipinski definition) is 0. The van der Waals surface area contributed by atoms with Crippen LogP contribution in [-0.4, -0.2) is 33.1 Å². The van der Waals surface area contributed by atoms with E-state index in [1.807, 2.05) is 6.07 Å². The molecule has 0 aliphatic rings. The highest BCUT2D eigenvalue weighted by Gasteiger charge is 2.25. The van der Waals surface area contributed by atoms with Crippen LogP contribution in [0.2, 0.25) is 0 Å². The molecular weight excluding hydrogens is 398 g/mol. The lowest BCUT2D eigenvalue weighted by atomic mass is 9.86. The maximum Gasteiger partial charge on any atom is 0.343 e. The first-order valence-electron chi connectivity index (χ1n) is 9.43. The molecule has 31 heavy (non-hydrogen) atoms. The highest BCUT2D eigenvalue weighted by Crippen LogP contribution is 2.32. The standard InChI is InChI=1S/C24H25NO6/c1-24(2,3)22(26)17(14-25)11-15-7-9-19(20(12-15)29-5)31-23(27)16-8-10-18(28-4)21(13-16)30-6/h7-13H,1-6H3/b17-11-. The summed E-state index contributed by atoms with van der Waals surface area (Å²) in [4.78, 5) is 25.0. The molecule has 0 bridgehead atoms. The molecule has 2 aromatic carbocycles. The number of nitrogens with zero attached hydrogens (tertiary/aromatic N) is 1. The van der Waals surface area contributed by atoms with E-state index in [-0.39, 0.29) is 28.4 Å². The quantitative estimate of drug-likeness (QED) is 0.281. The molecule has 0 atom stereocenters. The third kappa shape index (κ3) is 5.64. The van der Waals surface area contributed by atoms with Gasteiger partial charge in [0.15, 0.2) is 28.8 Å². The second kappa shape index (κ2) is 9.81. The summed E-state index contributed by atoms with van der Waals surface area (Å²) in [7, 11) is 4.41. The molecule has 0 unspecified atom stereocenters. The Hall–Kier alpha value is -3.79. The van der Waals surface area contributed by atoms with Crippen molar-refractivity contribution in [1.29, 1.82) is 5.26 Å². The Morgan fingerprint density at radius 3 is 2.00 bits per heavy atom. The molecule has 2 aromatic rings. The summed E-state index contributed by atoms with van der Waals surface area (Å²) in [6, 6.07) is 11.4. The minimum Gasteiger partial charge on any atom is -0.493 e. The van der Waals surface area contributed by atoms with Gasteiger partial charge in [0.2, 0.25) is 0 Å². The zero-order chi connectivity index (χ0) is 23.2. The average molecular weight is 423 g/mol. The van der Waals surface area contributed by atoms with Crippen molar-refractivity contribution in [1.82, 2.24) is 0 Å². The Kier molecular flexibility index (Phi) is 7.43. The van der Waals surface area contributed by atoms with Crippen LogP contribution >= 0.6 is 0 Å². The van der Waals surface area contributed by atoms with Crippen molar-refractivity contribution in [2.24, 2.45) is 5.41 Å². The highest BCUT2D eigenvalue weighted by atomic mass is 16.6. The number of rotatable bonds is 7. The smallest absolute Gasteiger partial charge is 0.343 e. The van der Waals surface area contributed by atoms with Gasteiger partial charge in [-0.1, -0.05) is 26.8 Å². The zero-order valence-electron chi connectivity index (χ0n) is 18.4. The Morgan fingerprint density at radius 1 is 0.871 bits per heavy atom. The van der Waals surface area contributed by atoms with Gasteiger partial charge in [-0.05, 0) is 42.0 Å². The summed E-state index contributed by atoms with van der Waals surface area (Å²) >= 11 is 0. The van der Waals surface area contributed by atoms with E-state index in [1.165, 1.54) is 33.5 Å². The van der Waals surface area contributed by atoms with Crippen LogP contribution in [0.4, 0.5) is 0 Å². The summed E-state index contributed by atoms with van der Waals surface area (Å²) < 4.78 is 21.2. The first kappa shape index (κ1) is 23.5. The maximum atomic E-state index is 12.6. The fourth-order valence-corrected chi connectivity index (χ4v) is 2.70. The first-order chi connectivity index (χ1) is 14.6. The van der Waals surface area contributed by atoms with Crippen molar-refractivity contribution < 1.29 is 28.5 Å². The fraction of sp³-hybridized carbons (Fsp3) is 0.292. The topological polar surface area (TPSA) is 94.9 Å². The number of carbonyl (C=O) groups is 2. The van der Waals surface area contributed by atoms with Crippen molar-refractivity contribution in [3.63, 3.8) is 0 Å². The van der Waals surface area contributed by atoms with Crippen molar-refractivity contribution in [3.8, 4) is 29.1 Å². The second-order valence-electron chi connectivity index (χ2n) is 7.62. The number of methoxy groups -OCH3 is 3. The lowest BCUT2D eigenvalue weighted by Gasteiger charge is -2.15. The molecule has 7 heteroatoms. The van der Waals surface area contributed by atoms with Gasteiger partial charge in [0, 0.05) is 5.41 Å². The molecule has 0 spiro atoms. The number of Topliss-reactive ketones (excluding diaryl/α,β-unsaturated/α-hetero) is 1. The zero-order valence-corrected chi connectivity index (χ0v) is 18.4. The highest BCUT2D eigenvalue weighted by molar-refractivity contribution is 6.06. The van der Waals surface area contributed by atoms with Gasteiger partial charge in [-0.2, -0.15) is 5.26 Å². The second-order valence-corrected chi connectivity index (χ2v) is 7.62. The van der Waals surface area contributed by atoms with Crippen LogP contribution in [0.15, 0.2) is 42.0 Å². The molecule has 0 aromatic heterocycles. The molecule has 0 aliphatic carbocycles. The molecule has 0 fully saturated rings. The number of hydrogen-bond acceptors (Lipinski definition) is 7. The third-order valence-electron chi connectivity index (χ3n) is 4.37. The SMILES string of the molecule is COc1ccc(C(=O)Oc2ccc(/C=C(/C#N)C(=O)C(C)(C)C)cc2OC)cc1OC. The van der Waals surface area contributed by atoms with Crippen molar-refractivity contribution in [2.45, 2.75) is 20.8 Å². The van der Waals surface area contributed by atoms with E-state index in [1.54, 1.807) is 51.1 Å². The van der Waals surface area contributed by atoms with E-state index < -0.39 is 11.4 Å². The van der Waals surface area contributed by atoms with E-state index in [4.69, 9.17) is 18.9 Å². The lowest BCUT2D eigenvalue weighted by molar-refractivity contribution is -0.121. The van der Waals surface area contributed by atoms with Crippen LogP contribution in [0.3, 0.4) is 0 Å². The van der Waals surface area contributed by atoms with Gasteiger partial charge in [0.1, 0.15) is 6.07 Å². The van der Waals surface area contributed by atoms with E-state index in [9.17, 15) is 14.9 Å². The number of esters is 1. The number of benzene rings is 2. The molecule has 0 saturated carbocycles. The predicted molar refractivity (Wildman–Crippen MR) is 116 cm³/mol. The molecule has 0 N–H and O–H groups in total. The minimum atomic E-state index is -0.680. The molecular formula is C24H25NO6. The van der Waals surface area contributed by atoms with Crippen LogP contribution in [0, 0.1) is 16.7 Å². The summed E-state index contributed by atoms with van der Waals surface area (Å²) in [5.41, 5.74) is 0.188. The monoisotopic (exact) mass is 423 g/mol. The van der Waals surface area contributed by atoms with Crippen LogP contribution in [0.1, 0.15) is 36.7 Å². The first-order valence-corrected chi connectivity index (χ1v) is 9.43. The van der Waals surface area contributed by atoms with Gasteiger partial charge in [0.25, 0.3) is 0 Å². The molecule has 0 saturated heterocycles. The Balaban J connectivity index is 2.32. The summed E-state index contributed by atoms with van der Waals surface area (Å²) in [6.45, 7) is 5.24. The number of nitriles is 1. The summed E-state index contributed by atoms with van der Waals surface area (Å²) in [6.07, 6.45) is 1.48. The largest absolute Gasteiger partial charge is 0.493 e. The van der Waals surface area contributed by atoms with Crippen LogP contribution in [0.25, 0.3) is 6.08 Å². The van der Waals surface area contributed by atoms with Gasteiger partial charge in [0.05, 0.1) is 32.5 Å². The van der Waals surface area contributed by atoms with Crippen LogP contribution in [0.5, 0.6) is 23.0 Å². The fourth-order valence-electron chi connectivity index (χ4n) is 2.70. The van der Waals surface area contributed by atoms with Crippen molar-refractivity contribution in [3.05, 3.63) is 53.1 Å². The molecule has 0 heterocycles. The Labute approximate surface area is 181 Å². The molecule has 162 valence electrons. The molecule has 7 nitrogen and oxygen atoms in total. The van der Waals surface area contributed by atoms with E-state index in [0.29, 0.717) is 17.1 Å². The van der Waals surface area contributed by atoms with Gasteiger partial charge in [-0.15, -0.1) is 0 Å². The Morgan fingerprint density at radius 2 is 1.45 bits per heavy atom. The van der Waals surface area contributed by atoms with Gasteiger partial charge in [-0.25, -0.2) is 4.79 Å². The number of ketones is 1.